The molecule has 0 radical (unpaired) electrons. The predicted molar refractivity (Wildman–Crippen MR) is 73.8 cm³/mol. The number of nitrogens with one attached hydrogen (secondary N) is 2. The third-order valence-electron chi connectivity index (χ3n) is 2.42. The topological polar surface area (TPSA) is 76.4 Å². The van der Waals surface area contributed by atoms with Gasteiger partial charge in [-0.25, -0.2) is 0 Å². The summed E-state index contributed by atoms with van der Waals surface area (Å²) in [5.74, 6) is -0.119. The lowest BCUT2D eigenvalue weighted by molar-refractivity contribution is -0.121. The molecule has 0 heterocycles. The molecule has 0 aromatic heterocycles. The molecule has 0 saturated heterocycles. The standard InChI is InChI=1S/C12H18ClN3O2/c1-8(12(17)15-6-7-18-2)16-10-5-3-4-9(13)11(10)14/h3-5,8,16H,6-7,14H2,1-2H3,(H,15,17). The van der Waals surface area contributed by atoms with Crippen molar-refractivity contribution in [3.05, 3.63) is 23.2 Å². The Hall–Kier alpha value is -1.46. The first-order chi connectivity index (χ1) is 8.56. The van der Waals surface area contributed by atoms with E-state index < -0.39 is 6.04 Å². The van der Waals surface area contributed by atoms with Gasteiger partial charge in [-0.1, -0.05) is 17.7 Å². The van der Waals surface area contributed by atoms with E-state index in [2.05, 4.69) is 10.6 Å². The molecule has 0 aliphatic heterocycles. The molecule has 18 heavy (non-hydrogen) atoms. The van der Waals surface area contributed by atoms with Crippen LogP contribution in [-0.4, -0.2) is 32.2 Å². The number of amides is 1. The van der Waals surface area contributed by atoms with Crippen LogP contribution < -0.4 is 16.4 Å². The maximum absolute atomic E-state index is 11.7. The van der Waals surface area contributed by atoms with E-state index in [-0.39, 0.29) is 5.91 Å². The van der Waals surface area contributed by atoms with E-state index in [0.29, 0.717) is 29.5 Å². The zero-order valence-electron chi connectivity index (χ0n) is 10.5. The average molecular weight is 272 g/mol. The predicted octanol–water partition coefficient (Wildman–Crippen LogP) is 1.49. The molecule has 4 N–H and O–H groups in total. The number of nitrogen functional groups attached to an aromatic ring is 1. The number of benzene rings is 1. The summed E-state index contributed by atoms with van der Waals surface area (Å²) in [6, 6.07) is 4.85. The number of carbonyl (C=O) groups excluding carboxylic acids is 1. The van der Waals surface area contributed by atoms with Gasteiger partial charge in [0.15, 0.2) is 0 Å². The van der Waals surface area contributed by atoms with E-state index in [1.807, 2.05) is 0 Å². The Bertz CT molecular complexity index is 412. The highest BCUT2D eigenvalue weighted by atomic mass is 35.5. The van der Waals surface area contributed by atoms with Crippen LogP contribution in [0.4, 0.5) is 11.4 Å². The Morgan fingerprint density at radius 3 is 2.94 bits per heavy atom. The molecule has 0 aliphatic carbocycles. The number of hydrogen-bond donors (Lipinski definition) is 3. The molecule has 5 nitrogen and oxygen atoms in total. The second-order valence-corrected chi connectivity index (χ2v) is 4.26. The molecule has 1 aromatic rings. The van der Waals surface area contributed by atoms with Crippen molar-refractivity contribution in [1.29, 1.82) is 0 Å². The number of nitrogens with two attached hydrogens (primary N) is 1. The molecule has 1 amide bonds. The Kier molecular flexibility index (Phi) is 5.74. The smallest absolute Gasteiger partial charge is 0.242 e. The molecule has 1 aromatic carbocycles. The van der Waals surface area contributed by atoms with E-state index >= 15 is 0 Å². The summed E-state index contributed by atoms with van der Waals surface area (Å²) in [5.41, 5.74) is 6.90. The van der Waals surface area contributed by atoms with Crippen LogP contribution in [0.25, 0.3) is 0 Å². The fourth-order valence-corrected chi connectivity index (χ4v) is 1.57. The quantitative estimate of drug-likeness (QED) is 0.541. The minimum Gasteiger partial charge on any atom is -0.396 e. The number of hydrogen-bond acceptors (Lipinski definition) is 4. The molecular weight excluding hydrogens is 254 g/mol. The van der Waals surface area contributed by atoms with Gasteiger partial charge in [-0.2, -0.15) is 0 Å². The highest BCUT2D eigenvalue weighted by Crippen LogP contribution is 2.27. The highest BCUT2D eigenvalue weighted by molar-refractivity contribution is 6.33. The highest BCUT2D eigenvalue weighted by Gasteiger charge is 2.13. The van der Waals surface area contributed by atoms with Crippen LogP contribution in [0, 0.1) is 0 Å². The lowest BCUT2D eigenvalue weighted by Crippen LogP contribution is -2.39. The van der Waals surface area contributed by atoms with Gasteiger partial charge in [0, 0.05) is 13.7 Å². The number of carbonyl (C=O) groups is 1. The van der Waals surface area contributed by atoms with Crippen LogP contribution in [0.3, 0.4) is 0 Å². The molecule has 100 valence electrons. The van der Waals surface area contributed by atoms with Crippen LogP contribution in [0.15, 0.2) is 18.2 Å². The summed E-state index contributed by atoms with van der Waals surface area (Å²) >= 11 is 5.90. The van der Waals surface area contributed by atoms with E-state index in [4.69, 9.17) is 22.1 Å². The maximum Gasteiger partial charge on any atom is 0.242 e. The fraction of sp³-hybridized carbons (Fsp3) is 0.417. The molecule has 0 fully saturated rings. The van der Waals surface area contributed by atoms with Crippen molar-refractivity contribution >= 4 is 28.9 Å². The third-order valence-corrected chi connectivity index (χ3v) is 2.75. The Morgan fingerprint density at radius 2 is 2.28 bits per heavy atom. The lowest BCUT2D eigenvalue weighted by Gasteiger charge is -2.17. The van der Waals surface area contributed by atoms with E-state index in [1.165, 1.54) is 0 Å². The van der Waals surface area contributed by atoms with Gasteiger partial charge in [0.2, 0.25) is 5.91 Å². The van der Waals surface area contributed by atoms with Gasteiger partial charge in [-0.3, -0.25) is 4.79 Å². The van der Waals surface area contributed by atoms with Crippen molar-refractivity contribution in [3.8, 4) is 0 Å². The summed E-state index contributed by atoms with van der Waals surface area (Å²) in [6.07, 6.45) is 0. The Labute approximate surface area is 112 Å². The molecule has 0 spiro atoms. The number of para-hydroxylation sites is 1. The summed E-state index contributed by atoms with van der Waals surface area (Å²) < 4.78 is 4.85. The van der Waals surface area contributed by atoms with Crippen LogP contribution in [0.2, 0.25) is 5.02 Å². The summed E-state index contributed by atoms with van der Waals surface area (Å²) in [6.45, 7) is 2.71. The first-order valence-electron chi connectivity index (χ1n) is 5.63. The molecule has 0 aliphatic rings. The van der Waals surface area contributed by atoms with Crippen molar-refractivity contribution in [2.24, 2.45) is 0 Å². The van der Waals surface area contributed by atoms with Crippen molar-refractivity contribution in [2.75, 3.05) is 31.3 Å². The minimum atomic E-state index is -0.400. The largest absolute Gasteiger partial charge is 0.396 e. The van der Waals surface area contributed by atoms with Crippen LogP contribution in [0.1, 0.15) is 6.92 Å². The fourth-order valence-electron chi connectivity index (χ4n) is 1.39. The van der Waals surface area contributed by atoms with Crippen molar-refractivity contribution in [2.45, 2.75) is 13.0 Å². The van der Waals surface area contributed by atoms with Gasteiger partial charge >= 0.3 is 0 Å². The zero-order valence-corrected chi connectivity index (χ0v) is 11.3. The molecular formula is C12H18ClN3O2. The van der Waals surface area contributed by atoms with Crippen LogP contribution in [-0.2, 0) is 9.53 Å². The molecule has 6 heteroatoms. The number of methoxy groups -OCH3 is 1. The van der Waals surface area contributed by atoms with E-state index in [1.54, 1.807) is 32.2 Å². The number of halogens is 1. The summed E-state index contributed by atoms with van der Waals surface area (Å²) in [5, 5.41) is 6.22. The molecule has 1 unspecified atom stereocenters. The second kappa shape index (κ2) is 7.08. The minimum absolute atomic E-state index is 0.119. The SMILES string of the molecule is COCCNC(=O)C(C)Nc1cccc(Cl)c1N. The number of ether oxygens (including phenoxy) is 1. The first-order valence-corrected chi connectivity index (χ1v) is 6.01. The molecule has 0 saturated carbocycles. The van der Waals surface area contributed by atoms with E-state index in [0.717, 1.165) is 0 Å². The van der Waals surface area contributed by atoms with E-state index in [9.17, 15) is 4.79 Å². The van der Waals surface area contributed by atoms with Crippen LogP contribution >= 0.6 is 11.6 Å². The second-order valence-electron chi connectivity index (χ2n) is 3.85. The van der Waals surface area contributed by atoms with Gasteiger partial charge in [0.1, 0.15) is 6.04 Å². The monoisotopic (exact) mass is 271 g/mol. The number of rotatable bonds is 6. The van der Waals surface area contributed by atoms with Gasteiger partial charge in [-0.05, 0) is 19.1 Å². The molecule has 1 atom stereocenters. The zero-order chi connectivity index (χ0) is 13.5. The normalized spacial score (nSPS) is 11.9. The third kappa shape index (κ3) is 4.09. The first kappa shape index (κ1) is 14.6. The average Bonchev–Trinajstić information content (AvgIpc) is 2.35. The summed E-state index contributed by atoms with van der Waals surface area (Å²) in [4.78, 5) is 11.7. The van der Waals surface area contributed by atoms with Crippen molar-refractivity contribution in [1.82, 2.24) is 5.32 Å². The van der Waals surface area contributed by atoms with Crippen LogP contribution in [0.5, 0.6) is 0 Å². The number of anilines is 2. The van der Waals surface area contributed by atoms with Crippen molar-refractivity contribution < 1.29 is 9.53 Å². The van der Waals surface area contributed by atoms with Gasteiger partial charge in [0.05, 0.1) is 23.0 Å². The molecule has 1 rings (SSSR count). The lowest BCUT2D eigenvalue weighted by atomic mass is 10.2. The van der Waals surface area contributed by atoms with Crippen molar-refractivity contribution in [3.63, 3.8) is 0 Å². The van der Waals surface area contributed by atoms with Gasteiger partial charge < -0.3 is 21.1 Å². The summed E-state index contributed by atoms with van der Waals surface area (Å²) in [7, 11) is 1.58. The Morgan fingerprint density at radius 1 is 1.56 bits per heavy atom. The Balaban J connectivity index is 2.56. The molecule has 0 bridgehead atoms. The van der Waals surface area contributed by atoms with Gasteiger partial charge in [-0.15, -0.1) is 0 Å². The maximum atomic E-state index is 11.7. The van der Waals surface area contributed by atoms with Gasteiger partial charge in [0.25, 0.3) is 0 Å².